The summed E-state index contributed by atoms with van der Waals surface area (Å²) in [5.74, 6) is 0.301. The molecule has 0 N–H and O–H groups in total. The van der Waals surface area contributed by atoms with Crippen LogP contribution in [0.1, 0.15) is 66.9 Å². The van der Waals surface area contributed by atoms with E-state index in [4.69, 9.17) is 9.47 Å². The molecule has 0 heterocycles. The summed E-state index contributed by atoms with van der Waals surface area (Å²) in [4.78, 5) is 26.5. The van der Waals surface area contributed by atoms with Gasteiger partial charge >= 0.3 is 5.97 Å². The molecule has 0 saturated heterocycles. The summed E-state index contributed by atoms with van der Waals surface area (Å²) in [5.41, 5.74) is 3.79. The molecule has 0 saturated carbocycles. The van der Waals surface area contributed by atoms with Crippen LogP contribution in [0.25, 0.3) is 0 Å². The van der Waals surface area contributed by atoms with E-state index in [1.807, 2.05) is 68.4 Å². The number of benzene rings is 2. The Balaban J connectivity index is 1.84. The molecule has 0 aliphatic carbocycles. The molecule has 0 amide bonds. The maximum atomic E-state index is 13.1. The Morgan fingerprint density at radius 2 is 1.52 bits per heavy atom. The van der Waals surface area contributed by atoms with Crippen molar-refractivity contribution in [1.29, 1.82) is 0 Å². The predicted molar refractivity (Wildman–Crippen MR) is 134 cm³/mol. The number of ether oxygens (including phenoxy) is 2. The van der Waals surface area contributed by atoms with Crippen LogP contribution in [0.5, 0.6) is 5.75 Å². The van der Waals surface area contributed by atoms with Gasteiger partial charge in [-0.25, -0.2) is 4.79 Å². The Labute approximate surface area is 198 Å². The van der Waals surface area contributed by atoms with Crippen molar-refractivity contribution >= 4 is 17.4 Å². The standard InChI is InChI=1S/C28H37NO4/c1-21(2)28(31)33-18-14-9-7-6-8-13-17-32-26-20-25(29(4)5)22(3)19-24(26)27(30)23-15-11-10-12-16-23/h10-12,15-16,19-20H,1,6-9,13-14,17-18H2,2-5H3. The zero-order valence-electron chi connectivity index (χ0n) is 20.5. The van der Waals surface area contributed by atoms with E-state index in [1.165, 1.54) is 0 Å². The molecular weight excluding hydrogens is 414 g/mol. The highest BCUT2D eigenvalue weighted by Gasteiger charge is 2.18. The second kappa shape index (κ2) is 13.5. The highest BCUT2D eigenvalue weighted by atomic mass is 16.5. The summed E-state index contributed by atoms with van der Waals surface area (Å²) >= 11 is 0. The fraction of sp³-hybridized carbons (Fsp3) is 0.429. The maximum Gasteiger partial charge on any atom is 0.333 e. The van der Waals surface area contributed by atoms with Crippen LogP contribution in [0.3, 0.4) is 0 Å². The van der Waals surface area contributed by atoms with Gasteiger partial charge in [0, 0.05) is 37.0 Å². The van der Waals surface area contributed by atoms with Gasteiger partial charge in [-0.15, -0.1) is 0 Å². The zero-order chi connectivity index (χ0) is 24.2. The van der Waals surface area contributed by atoms with E-state index in [9.17, 15) is 9.59 Å². The lowest BCUT2D eigenvalue weighted by atomic mass is 9.99. The second-order valence-corrected chi connectivity index (χ2v) is 8.61. The predicted octanol–water partition coefficient (Wildman–Crippen LogP) is 6.13. The van der Waals surface area contributed by atoms with Crippen LogP contribution in [-0.2, 0) is 9.53 Å². The summed E-state index contributed by atoms with van der Waals surface area (Å²) in [5, 5.41) is 0. The van der Waals surface area contributed by atoms with Gasteiger partial charge in [-0.1, -0.05) is 62.6 Å². The Hall–Kier alpha value is -3.08. The number of hydrogen-bond donors (Lipinski definition) is 0. The molecule has 0 aliphatic heterocycles. The zero-order valence-corrected chi connectivity index (χ0v) is 20.5. The summed E-state index contributed by atoms with van der Waals surface area (Å²) in [7, 11) is 3.98. The van der Waals surface area contributed by atoms with Crippen LogP contribution in [-0.4, -0.2) is 39.1 Å². The van der Waals surface area contributed by atoms with Gasteiger partial charge in [-0.05, 0) is 38.3 Å². The van der Waals surface area contributed by atoms with Crippen molar-refractivity contribution < 1.29 is 19.1 Å². The number of nitrogens with zero attached hydrogens (tertiary/aromatic N) is 1. The van der Waals surface area contributed by atoms with Gasteiger partial charge in [-0.3, -0.25) is 4.79 Å². The van der Waals surface area contributed by atoms with Gasteiger partial charge in [0.05, 0.1) is 18.8 Å². The van der Waals surface area contributed by atoms with E-state index < -0.39 is 0 Å². The summed E-state index contributed by atoms with van der Waals surface area (Å²) in [6.07, 6.45) is 6.08. The Kier molecular flexibility index (Phi) is 10.7. The fourth-order valence-electron chi connectivity index (χ4n) is 3.58. The number of unbranched alkanes of at least 4 members (excludes halogenated alkanes) is 5. The van der Waals surface area contributed by atoms with Crippen LogP contribution in [0.2, 0.25) is 0 Å². The van der Waals surface area contributed by atoms with Gasteiger partial charge in [0.25, 0.3) is 0 Å². The van der Waals surface area contributed by atoms with E-state index >= 15 is 0 Å². The molecule has 0 bridgehead atoms. The fourth-order valence-corrected chi connectivity index (χ4v) is 3.58. The summed E-state index contributed by atoms with van der Waals surface area (Å²) < 4.78 is 11.2. The largest absolute Gasteiger partial charge is 0.493 e. The number of aryl methyl sites for hydroxylation is 1. The molecule has 2 aromatic carbocycles. The smallest absolute Gasteiger partial charge is 0.333 e. The van der Waals surface area contributed by atoms with E-state index in [2.05, 4.69) is 6.58 Å². The van der Waals surface area contributed by atoms with Gasteiger partial charge in [0.15, 0.2) is 5.78 Å². The van der Waals surface area contributed by atoms with Crippen LogP contribution >= 0.6 is 0 Å². The first-order valence-corrected chi connectivity index (χ1v) is 11.7. The van der Waals surface area contributed by atoms with Crippen LogP contribution < -0.4 is 9.64 Å². The van der Waals surface area contributed by atoms with Gasteiger partial charge in [0.2, 0.25) is 0 Å². The summed E-state index contributed by atoms with van der Waals surface area (Å²) in [6, 6.07) is 13.2. The number of hydrogen-bond acceptors (Lipinski definition) is 5. The molecular formula is C28H37NO4. The molecule has 5 nitrogen and oxygen atoms in total. The maximum absolute atomic E-state index is 13.1. The molecule has 0 fully saturated rings. The molecule has 0 atom stereocenters. The molecule has 33 heavy (non-hydrogen) atoms. The molecule has 0 aromatic heterocycles. The lowest BCUT2D eigenvalue weighted by Gasteiger charge is -2.20. The first kappa shape index (κ1) is 26.2. The Bertz CT molecular complexity index is 934. The number of esters is 1. The second-order valence-electron chi connectivity index (χ2n) is 8.61. The Morgan fingerprint density at radius 3 is 2.12 bits per heavy atom. The topological polar surface area (TPSA) is 55.8 Å². The molecule has 178 valence electrons. The average molecular weight is 452 g/mol. The number of carbonyl (C=O) groups is 2. The number of rotatable bonds is 14. The molecule has 0 aliphatic rings. The lowest BCUT2D eigenvalue weighted by molar-refractivity contribution is -0.139. The monoisotopic (exact) mass is 451 g/mol. The van der Waals surface area contributed by atoms with E-state index in [1.54, 1.807) is 6.92 Å². The van der Waals surface area contributed by atoms with Crippen molar-refractivity contribution in [3.63, 3.8) is 0 Å². The molecule has 2 aromatic rings. The van der Waals surface area contributed by atoms with Gasteiger partial charge < -0.3 is 14.4 Å². The first-order chi connectivity index (χ1) is 15.8. The van der Waals surface area contributed by atoms with Crippen molar-refractivity contribution in [1.82, 2.24) is 0 Å². The van der Waals surface area contributed by atoms with Crippen LogP contribution in [0.15, 0.2) is 54.6 Å². The van der Waals surface area contributed by atoms with Crippen LogP contribution in [0.4, 0.5) is 5.69 Å². The van der Waals surface area contributed by atoms with Crippen LogP contribution in [0, 0.1) is 6.92 Å². The molecule has 2 rings (SSSR count). The van der Waals surface area contributed by atoms with E-state index in [0.717, 1.165) is 49.8 Å². The minimum absolute atomic E-state index is 0.0219. The van der Waals surface area contributed by atoms with Crippen molar-refractivity contribution in [2.24, 2.45) is 0 Å². The third-order valence-corrected chi connectivity index (χ3v) is 5.44. The van der Waals surface area contributed by atoms with Crippen molar-refractivity contribution in [3.05, 3.63) is 71.3 Å². The third-order valence-electron chi connectivity index (χ3n) is 5.44. The van der Waals surface area contributed by atoms with Crippen molar-refractivity contribution in [2.75, 3.05) is 32.2 Å². The molecule has 0 radical (unpaired) electrons. The lowest BCUT2D eigenvalue weighted by Crippen LogP contribution is -2.13. The number of anilines is 1. The van der Waals surface area contributed by atoms with E-state index in [-0.39, 0.29) is 11.8 Å². The molecule has 0 unspecified atom stereocenters. The van der Waals surface area contributed by atoms with Crippen molar-refractivity contribution in [2.45, 2.75) is 52.4 Å². The Morgan fingerprint density at radius 1 is 0.909 bits per heavy atom. The minimum Gasteiger partial charge on any atom is -0.493 e. The highest BCUT2D eigenvalue weighted by Crippen LogP contribution is 2.31. The average Bonchev–Trinajstić information content (AvgIpc) is 2.80. The number of ketones is 1. The number of carbonyl (C=O) groups excluding carboxylic acids is 2. The summed E-state index contributed by atoms with van der Waals surface area (Å²) in [6.45, 7) is 8.27. The van der Waals surface area contributed by atoms with Gasteiger partial charge in [0.1, 0.15) is 5.75 Å². The van der Waals surface area contributed by atoms with Gasteiger partial charge in [-0.2, -0.15) is 0 Å². The van der Waals surface area contributed by atoms with Crippen molar-refractivity contribution in [3.8, 4) is 5.75 Å². The highest BCUT2D eigenvalue weighted by molar-refractivity contribution is 6.11. The van der Waals surface area contributed by atoms with E-state index in [0.29, 0.717) is 35.7 Å². The first-order valence-electron chi connectivity index (χ1n) is 11.7. The molecule has 5 heteroatoms. The normalized spacial score (nSPS) is 10.5. The minimum atomic E-state index is -0.314. The SMILES string of the molecule is C=C(C)C(=O)OCCCCCCCCOc1cc(N(C)C)c(C)cc1C(=O)c1ccccc1. The third kappa shape index (κ3) is 8.41. The molecule has 0 spiro atoms. The quantitative estimate of drug-likeness (QED) is 0.150.